The normalized spacial score (nSPS) is 24.3. The van der Waals surface area contributed by atoms with E-state index < -0.39 is 0 Å². The Bertz CT molecular complexity index is 241. The Morgan fingerprint density at radius 1 is 1.26 bits per heavy atom. The van der Waals surface area contributed by atoms with Gasteiger partial charge in [-0.3, -0.25) is 0 Å². The Morgan fingerprint density at radius 3 is 2.58 bits per heavy atom. The van der Waals surface area contributed by atoms with Crippen LogP contribution in [0.15, 0.2) is 0 Å². The van der Waals surface area contributed by atoms with Gasteiger partial charge in [-0.25, -0.2) is 0 Å². The number of nitrogens with one attached hydrogen (secondary N) is 1. The maximum absolute atomic E-state index is 6.09. The fourth-order valence-corrected chi connectivity index (χ4v) is 2.29. The molecule has 0 saturated carbocycles. The van der Waals surface area contributed by atoms with E-state index in [-0.39, 0.29) is 5.54 Å². The molecule has 4 heteroatoms. The molecule has 19 heavy (non-hydrogen) atoms. The molecule has 1 saturated heterocycles. The van der Waals surface area contributed by atoms with Gasteiger partial charge in [0.25, 0.3) is 0 Å². The molecular formula is C15H32N2O2. The molecule has 2 unspecified atom stereocenters. The molecule has 2 atom stereocenters. The lowest BCUT2D eigenvalue weighted by Gasteiger charge is -2.24. The number of likely N-dealkylation sites (N-methyl/N-ethyl adjacent to an activating group) is 1. The molecule has 1 rings (SSSR count). The third-order valence-corrected chi connectivity index (χ3v) is 3.39. The molecule has 0 spiro atoms. The molecule has 1 N–H and O–H groups in total. The van der Waals surface area contributed by atoms with Crippen LogP contribution in [0.3, 0.4) is 0 Å². The van der Waals surface area contributed by atoms with Gasteiger partial charge >= 0.3 is 0 Å². The first-order valence-corrected chi connectivity index (χ1v) is 7.57. The zero-order valence-corrected chi connectivity index (χ0v) is 13.4. The summed E-state index contributed by atoms with van der Waals surface area (Å²) in [6.07, 6.45) is 3.12. The van der Waals surface area contributed by atoms with Crippen molar-refractivity contribution in [3.63, 3.8) is 0 Å². The quantitative estimate of drug-likeness (QED) is 0.684. The molecule has 114 valence electrons. The lowest BCUT2D eigenvalue weighted by molar-refractivity contribution is 0.0201. The first kappa shape index (κ1) is 16.9. The number of hydrogen-bond donors (Lipinski definition) is 1. The van der Waals surface area contributed by atoms with E-state index in [1.807, 2.05) is 6.92 Å². The van der Waals surface area contributed by atoms with Gasteiger partial charge in [-0.1, -0.05) is 0 Å². The van der Waals surface area contributed by atoms with Crippen molar-refractivity contribution in [2.24, 2.45) is 0 Å². The van der Waals surface area contributed by atoms with E-state index in [1.54, 1.807) is 0 Å². The predicted octanol–water partition coefficient (Wildman–Crippen LogP) is 1.89. The summed E-state index contributed by atoms with van der Waals surface area (Å²) in [5, 5.41) is 3.52. The van der Waals surface area contributed by atoms with Crippen molar-refractivity contribution in [1.29, 1.82) is 0 Å². The minimum atomic E-state index is 0.176. The Balaban J connectivity index is 2.14. The van der Waals surface area contributed by atoms with Crippen LogP contribution in [0, 0.1) is 0 Å². The van der Waals surface area contributed by atoms with Crippen molar-refractivity contribution in [3.05, 3.63) is 0 Å². The highest BCUT2D eigenvalue weighted by Gasteiger charge is 2.26. The molecule has 1 aliphatic rings. The number of nitrogens with zero attached hydrogens (tertiary/aromatic N) is 1. The van der Waals surface area contributed by atoms with Crippen LogP contribution >= 0.6 is 0 Å². The average Bonchev–Trinajstić information content (AvgIpc) is 2.73. The molecule has 0 aromatic rings. The second-order valence-corrected chi connectivity index (χ2v) is 6.55. The highest BCUT2D eigenvalue weighted by Crippen LogP contribution is 2.20. The Labute approximate surface area is 118 Å². The second-order valence-electron chi connectivity index (χ2n) is 6.55. The van der Waals surface area contributed by atoms with Crippen molar-refractivity contribution in [2.75, 3.05) is 39.9 Å². The maximum Gasteiger partial charge on any atom is 0.0707 e. The minimum Gasteiger partial charge on any atom is -0.380 e. The summed E-state index contributed by atoms with van der Waals surface area (Å²) in [7, 11) is 2.14. The summed E-state index contributed by atoms with van der Waals surface area (Å²) in [6, 6.07) is 0. The SMILES string of the molecule is CCOCCN(C)CC1CCC(CNC(C)(C)C)O1. The Morgan fingerprint density at radius 2 is 1.95 bits per heavy atom. The summed E-state index contributed by atoms with van der Waals surface area (Å²) in [4.78, 5) is 2.31. The van der Waals surface area contributed by atoms with Crippen LogP contribution in [-0.2, 0) is 9.47 Å². The van der Waals surface area contributed by atoms with Crippen LogP contribution in [0.2, 0.25) is 0 Å². The first-order chi connectivity index (χ1) is 8.90. The maximum atomic E-state index is 6.09. The molecule has 0 aliphatic carbocycles. The largest absolute Gasteiger partial charge is 0.380 e. The van der Waals surface area contributed by atoms with Gasteiger partial charge in [0.05, 0.1) is 18.8 Å². The van der Waals surface area contributed by atoms with Gasteiger partial charge in [0.1, 0.15) is 0 Å². The van der Waals surface area contributed by atoms with Crippen LogP contribution in [0.25, 0.3) is 0 Å². The summed E-state index contributed by atoms with van der Waals surface area (Å²) in [6.45, 7) is 13.2. The van der Waals surface area contributed by atoms with E-state index >= 15 is 0 Å². The molecule has 1 aliphatic heterocycles. The molecule has 0 radical (unpaired) electrons. The first-order valence-electron chi connectivity index (χ1n) is 7.57. The third kappa shape index (κ3) is 7.88. The van der Waals surface area contributed by atoms with Gasteiger partial charge < -0.3 is 19.7 Å². The van der Waals surface area contributed by atoms with Gasteiger partial charge in [-0.05, 0) is 47.6 Å². The van der Waals surface area contributed by atoms with E-state index in [2.05, 4.69) is 38.0 Å². The molecule has 1 fully saturated rings. The third-order valence-electron chi connectivity index (χ3n) is 3.39. The van der Waals surface area contributed by atoms with Gasteiger partial charge in [0, 0.05) is 31.8 Å². The predicted molar refractivity (Wildman–Crippen MR) is 79.6 cm³/mol. The Kier molecular flexibility index (Phi) is 7.29. The lowest BCUT2D eigenvalue weighted by atomic mass is 10.1. The monoisotopic (exact) mass is 272 g/mol. The topological polar surface area (TPSA) is 33.7 Å². The van der Waals surface area contributed by atoms with Crippen LogP contribution in [0.1, 0.15) is 40.5 Å². The second kappa shape index (κ2) is 8.20. The van der Waals surface area contributed by atoms with Gasteiger partial charge in [0.2, 0.25) is 0 Å². The van der Waals surface area contributed by atoms with Crippen molar-refractivity contribution >= 4 is 0 Å². The molecule has 1 heterocycles. The number of rotatable bonds is 8. The van der Waals surface area contributed by atoms with E-state index in [4.69, 9.17) is 9.47 Å². The van der Waals surface area contributed by atoms with E-state index in [0.717, 1.165) is 32.8 Å². The smallest absolute Gasteiger partial charge is 0.0707 e. The molecule has 4 nitrogen and oxygen atoms in total. The highest BCUT2D eigenvalue weighted by atomic mass is 16.5. The van der Waals surface area contributed by atoms with Gasteiger partial charge in [-0.15, -0.1) is 0 Å². The number of hydrogen-bond acceptors (Lipinski definition) is 4. The van der Waals surface area contributed by atoms with Crippen molar-refractivity contribution in [1.82, 2.24) is 10.2 Å². The van der Waals surface area contributed by atoms with Crippen LogP contribution in [-0.4, -0.2) is 62.5 Å². The summed E-state index contributed by atoms with van der Waals surface area (Å²) >= 11 is 0. The Hall–Kier alpha value is -0.160. The highest BCUT2D eigenvalue weighted by molar-refractivity contribution is 4.80. The fourth-order valence-electron chi connectivity index (χ4n) is 2.29. The molecule has 0 bridgehead atoms. The van der Waals surface area contributed by atoms with Crippen LogP contribution < -0.4 is 5.32 Å². The zero-order valence-electron chi connectivity index (χ0n) is 13.4. The summed E-state index contributed by atoms with van der Waals surface area (Å²) in [5.74, 6) is 0. The molecular weight excluding hydrogens is 240 g/mol. The van der Waals surface area contributed by atoms with E-state index in [1.165, 1.54) is 12.8 Å². The minimum absolute atomic E-state index is 0.176. The van der Waals surface area contributed by atoms with E-state index in [0.29, 0.717) is 12.2 Å². The van der Waals surface area contributed by atoms with Crippen molar-refractivity contribution in [2.45, 2.75) is 58.3 Å². The molecule has 0 aromatic heterocycles. The van der Waals surface area contributed by atoms with Crippen molar-refractivity contribution < 1.29 is 9.47 Å². The standard InChI is InChI=1S/C15H32N2O2/c1-6-18-10-9-17(5)12-14-8-7-13(19-14)11-16-15(2,3)4/h13-14,16H,6-12H2,1-5H3. The van der Waals surface area contributed by atoms with E-state index in [9.17, 15) is 0 Å². The van der Waals surface area contributed by atoms with Gasteiger partial charge in [-0.2, -0.15) is 0 Å². The zero-order chi connectivity index (χ0) is 14.3. The van der Waals surface area contributed by atoms with Gasteiger partial charge in [0.15, 0.2) is 0 Å². The van der Waals surface area contributed by atoms with Crippen LogP contribution in [0.5, 0.6) is 0 Å². The average molecular weight is 272 g/mol. The molecule has 0 amide bonds. The molecule has 0 aromatic carbocycles. The fraction of sp³-hybridized carbons (Fsp3) is 1.00. The lowest BCUT2D eigenvalue weighted by Crippen LogP contribution is -2.41. The summed E-state index contributed by atoms with van der Waals surface area (Å²) in [5.41, 5.74) is 0.176. The van der Waals surface area contributed by atoms with Crippen LogP contribution in [0.4, 0.5) is 0 Å². The number of ether oxygens (including phenoxy) is 2. The summed E-state index contributed by atoms with van der Waals surface area (Å²) < 4.78 is 11.5. The van der Waals surface area contributed by atoms with Crippen molar-refractivity contribution in [3.8, 4) is 0 Å².